The third kappa shape index (κ3) is 7.50. The Balaban J connectivity index is 3.57. The van der Waals surface area contributed by atoms with E-state index >= 15 is 0 Å². The molecule has 72 valence electrons. The molecule has 0 saturated heterocycles. The van der Waals surface area contributed by atoms with Gasteiger partial charge in [0.05, 0.1) is 18.6 Å². The van der Waals surface area contributed by atoms with Crippen molar-refractivity contribution in [3.05, 3.63) is 0 Å². The molecular formula is C8H17NO3. The van der Waals surface area contributed by atoms with Crippen molar-refractivity contribution in [2.24, 2.45) is 5.73 Å². The largest absolute Gasteiger partial charge is 0.481 e. The summed E-state index contributed by atoms with van der Waals surface area (Å²) < 4.78 is 5.30. The van der Waals surface area contributed by atoms with Crippen LogP contribution < -0.4 is 5.73 Å². The number of carboxylic acids is 1. The van der Waals surface area contributed by atoms with Crippen LogP contribution in [0.25, 0.3) is 0 Å². The van der Waals surface area contributed by atoms with Crippen LogP contribution in [0.5, 0.6) is 0 Å². The van der Waals surface area contributed by atoms with Crippen LogP contribution in [0, 0.1) is 0 Å². The van der Waals surface area contributed by atoms with Gasteiger partial charge in [-0.1, -0.05) is 0 Å². The number of carboxylic acid groups (broad SMARTS) is 1. The van der Waals surface area contributed by atoms with Crippen LogP contribution in [0.4, 0.5) is 0 Å². The first kappa shape index (κ1) is 11.4. The van der Waals surface area contributed by atoms with Gasteiger partial charge in [-0.2, -0.15) is 0 Å². The van der Waals surface area contributed by atoms with Crippen LogP contribution in [-0.4, -0.2) is 29.3 Å². The predicted octanol–water partition coefficient (Wildman–Crippen LogP) is 0.603. The molecule has 12 heavy (non-hydrogen) atoms. The second kappa shape index (κ2) is 4.42. The van der Waals surface area contributed by atoms with Crippen LogP contribution in [0.3, 0.4) is 0 Å². The first-order chi connectivity index (χ1) is 5.31. The Labute approximate surface area is 72.7 Å². The minimum absolute atomic E-state index is 0.0456. The summed E-state index contributed by atoms with van der Waals surface area (Å²) in [6, 6.07) is -0.415. The Morgan fingerprint density at radius 3 is 2.42 bits per heavy atom. The predicted molar refractivity (Wildman–Crippen MR) is 45.9 cm³/mol. The van der Waals surface area contributed by atoms with Gasteiger partial charge in [-0.15, -0.1) is 0 Å². The minimum Gasteiger partial charge on any atom is -0.481 e. The number of hydrogen-bond acceptors (Lipinski definition) is 3. The maximum Gasteiger partial charge on any atom is 0.305 e. The zero-order valence-corrected chi connectivity index (χ0v) is 7.83. The number of nitrogens with two attached hydrogens (primary N) is 1. The maximum atomic E-state index is 10.2. The van der Waals surface area contributed by atoms with Crippen LogP contribution in [0.1, 0.15) is 27.2 Å². The highest BCUT2D eigenvalue weighted by atomic mass is 16.5. The molecule has 0 rings (SSSR count). The summed E-state index contributed by atoms with van der Waals surface area (Å²) in [7, 11) is 0. The first-order valence-corrected chi connectivity index (χ1v) is 3.92. The van der Waals surface area contributed by atoms with E-state index in [4.69, 9.17) is 15.6 Å². The lowest BCUT2D eigenvalue weighted by atomic mass is 10.2. The summed E-state index contributed by atoms with van der Waals surface area (Å²) >= 11 is 0. The molecule has 0 heterocycles. The highest BCUT2D eigenvalue weighted by Crippen LogP contribution is 2.07. The highest BCUT2D eigenvalue weighted by molar-refractivity contribution is 5.67. The van der Waals surface area contributed by atoms with Gasteiger partial charge in [0.25, 0.3) is 0 Å². The van der Waals surface area contributed by atoms with Crippen molar-refractivity contribution in [2.45, 2.75) is 38.8 Å². The summed E-state index contributed by atoms with van der Waals surface area (Å²) in [6.45, 7) is 6.00. The van der Waals surface area contributed by atoms with Crippen LogP contribution in [0.15, 0.2) is 0 Å². The van der Waals surface area contributed by atoms with Gasteiger partial charge in [0.2, 0.25) is 0 Å². The number of ether oxygens (including phenoxy) is 1. The summed E-state index contributed by atoms with van der Waals surface area (Å²) in [5, 5.41) is 8.38. The molecule has 0 aromatic rings. The Bertz CT molecular complexity index is 151. The molecule has 0 amide bonds. The molecule has 0 saturated carbocycles. The molecule has 0 radical (unpaired) electrons. The van der Waals surface area contributed by atoms with E-state index in [9.17, 15) is 4.79 Å². The lowest BCUT2D eigenvalue weighted by Gasteiger charge is -2.21. The molecule has 4 nitrogen and oxygen atoms in total. The fraction of sp³-hybridized carbons (Fsp3) is 0.875. The molecule has 0 aliphatic carbocycles. The third-order valence-corrected chi connectivity index (χ3v) is 1.17. The second-order valence-electron chi connectivity index (χ2n) is 3.78. The second-order valence-corrected chi connectivity index (χ2v) is 3.78. The lowest BCUT2D eigenvalue weighted by Crippen LogP contribution is -2.33. The number of aliphatic carboxylic acids is 1. The van der Waals surface area contributed by atoms with Gasteiger partial charge in [0, 0.05) is 6.04 Å². The van der Waals surface area contributed by atoms with Gasteiger partial charge < -0.3 is 15.6 Å². The topological polar surface area (TPSA) is 72.5 Å². The van der Waals surface area contributed by atoms with Gasteiger partial charge in [0.15, 0.2) is 0 Å². The molecule has 0 aliphatic heterocycles. The van der Waals surface area contributed by atoms with Crippen molar-refractivity contribution in [3.63, 3.8) is 0 Å². The fourth-order valence-corrected chi connectivity index (χ4v) is 0.640. The van der Waals surface area contributed by atoms with Crippen LogP contribution in [-0.2, 0) is 9.53 Å². The van der Waals surface area contributed by atoms with E-state index in [1.165, 1.54) is 0 Å². The molecule has 0 aliphatic rings. The summed E-state index contributed by atoms with van der Waals surface area (Å²) in [6.07, 6.45) is -0.0456. The maximum absolute atomic E-state index is 10.2. The number of rotatable bonds is 4. The van der Waals surface area contributed by atoms with E-state index in [1.54, 1.807) is 0 Å². The zero-order chi connectivity index (χ0) is 9.78. The summed E-state index contributed by atoms with van der Waals surface area (Å²) in [5.74, 6) is -0.889. The van der Waals surface area contributed by atoms with Gasteiger partial charge in [-0.3, -0.25) is 4.79 Å². The summed E-state index contributed by atoms with van der Waals surface area (Å²) in [5.41, 5.74) is 5.22. The van der Waals surface area contributed by atoms with Crippen molar-refractivity contribution in [1.82, 2.24) is 0 Å². The molecule has 1 unspecified atom stereocenters. The van der Waals surface area contributed by atoms with Crippen molar-refractivity contribution < 1.29 is 14.6 Å². The zero-order valence-electron chi connectivity index (χ0n) is 7.83. The summed E-state index contributed by atoms with van der Waals surface area (Å²) in [4.78, 5) is 10.2. The van der Waals surface area contributed by atoms with E-state index in [2.05, 4.69) is 0 Å². The normalized spacial score (nSPS) is 14.3. The van der Waals surface area contributed by atoms with E-state index in [0.717, 1.165) is 0 Å². The minimum atomic E-state index is -0.889. The average Bonchev–Trinajstić information content (AvgIpc) is 1.80. The smallest absolute Gasteiger partial charge is 0.305 e. The molecule has 0 fully saturated rings. The molecule has 0 spiro atoms. The average molecular weight is 175 g/mol. The molecule has 4 heteroatoms. The third-order valence-electron chi connectivity index (χ3n) is 1.17. The number of hydrogen-bond donors (Lipinski definition) is 2. The quantitative estimate of drug-likeness (QED) is 0.656. The van der Waals surface area contributed by atoms with E-state index in [0.29, 0.717) is 0 Å². The van der Waals surface area contributed by atoms with Gasteiger partial charge in [-0.05, 0) is 20.8 Å². The van der Waals surface area contributed by atoms with Crippen molar-refractivity contribution in [2.75, 3.05) is 6.61 Å². The first-order valence-electron chi connectivity index (χ1n) is 3.92. The van der Waals surface area contributed by atoms with E-state index in [1.807, 2.05) is 20.8 Å². The molecule has 0 aromatic heterocycles. The Morgan fingerprint density at radius 1 is 1.58 bits per heavy atom. The lowest BCUT2D eigenvalue weighted by molar-refractivity contribution is -0.138. The van der Waals surface area contributed by atoms with Crippen LogP contribution in [0.2, 0.25) is 0 Å². The molecule has 0 aromatic carbocycles. The van der Waals surface area contributed by atoms with Crippen molar-refractivity contribution in [1.29, 1.82) is 0 Å². The Morgan fingerprint density at radius 2 is 2.08 bits per heavy atom. The molecule has 3 N–H and O–H groups in total. The van der Waals surface area contributed by atoms with Gasteiger partial charge in [0.1, 0.15) is 0 Å². The SMILES string of the molecule is CC(C)(C)OCC(N)CC(=O)O. The van der Waals surface area contributed by atoms with Crippen molar-refractivity contribution >= 4 is 5.97 Å². The molecule has 0 bridgehead atoms. The standard InChI is InChI=1S/C8H17NO3/c1-8(2,3)12-5-6(9)4-7(10)11/h6H,4-5,9H2,1-3H3,(H,10,11). The van der Waals surface area contributed by atoms with Gasteiger partial charge >= 0.3 is 5.97 Å². The molecular weight excluding hydrogens is 158 g/mol. The Hall–Kier alpha value is -0.610. The van der Waals surface area contributed by atoms with Crippen LogP contribution >= 0.6 is 0 Å². The Kier molecular flexibility index (Phi) is 4.20. The fourth-order valence-electron chi connectivity index (χ4n) is 0.640. The highest BCUT2D eigenvalue weighted by Gasteiger charge is 2.14. The molecule has 1 atom stereocenters. The van der Waals surface area contributed by atoms with Crippen molar-refractivity contribution in [3.8, 4) is 0 Å². The van der Waals surface area contributed by atoms with Gasteiger partial charge in [-0.25, -0.2) is 0 Å². The van der Waals surface area contributed by atoms with E-state index < -0.39 is 12.0 Å². The number of carbonyl (C=O) groups is 1. The monoisotopic (exact) mass is 175 g/mol. The van der Waals surface area contributed by atoms with E-state index in [-0.39, 0.29) is 18.6 Å².